The predicted molar refractivity (Wildman–Crippen MR) is 109 cm³/mol. The Labute approximate surface area is 169 Å². The van der Waals surface area contributed by atoms with Gasteiger partial charge < -0.3 is 19.5 Å². The summed E-state index contributed by atoms with van der Waals surface area (Å²) < 4.78 is 15.6. The highest BCUT2D eigenvalue weighted by atomic mass is 35.5. The van der Waals surface area contributed by atoms with E-state index in [4.69, 9.17) is 25.8 Å². The summed E-state index contributed by atoms with van der Waals surface area (Å²) >= 11 is 6.01. The molecule has 6 nitrogen and oxygen atoms in total. The third-order valence-electron chi connectivity index (χ3n) is 3.70. The highest BCUT2D eigenvalue weighted by molar-refractivity contribution is 6.31. The average molecular weight is 404 g/mol. The van der Waals surface area contributed by atoms with Crippen LogP contribution in [0.15, 0.2) is 42.5 Å². The number of ether oxygens (including phenoxy) is 3. The number of hydrogen-bond donors (Lipinski definition) is 1. The second-order valence-electron chi connectivity index (χ2n) is 5.80. The van der Waals surface area contributed by atoms with Crippen LogP contribution in [0.4, 0.5) is 5.69 Å². The lowest BCUT2D eigenvalue weighted by molar-refractivity contribution is -0.142. The largest absolute Gasteiger partial charge is 0.493 e. The average Bonchev–Trinajstić information content (AvgIpc) is 2.68. The first-order chi connectivity index (χ1) is 13.4. The molecule has 0 aliphatic heterocycles. The third kappa shape index (κ3) is 6.32. The lowest BCUT2D eigenvalue weighted by Gasteiger charge is -2.09. The molecule has 1 N–H and O–H groups in total. The fraction of sp³-hybridized carbons (Fsp3) is 0.238. The maximum atomic E-state index is 11.9. The summed E-state index contributed by atoms with van der Waals surface area (Å²) in [5.41, 5.74) is 2.17. The number of aryl methyl sites for hydroxylation is 1. The Morgan fingerprint density at radius 2 is 1.93 bits per heavy atom. The molecule has 0 aliphatic rings. The molecule has 0 saturated heterocycles. The van der Waals surface area contributed by atoms with Crippen molar-refractivity contribution in [3.8, 4) is 11.5 Å². The van der Waals surface area contributed by atoms with Gasteiger partial charge in [-0.2, -0.15) is 0 Å². The van der Waals surface area contributed by atoms with Crippen molar-refractivity contribution in [1.82, 2.24) is 0 Å². The Bertz CT molecular complexity index is 879. The van der Waals surface area contributed by atoms with Crippen LogP contribution >= 0.6 is 11.6 Å². The number of rotatable bonds is 8. The second kappa shape index (κ2) is 10.4. The van der Waals surface area contributed by atoms with Gasteiger partial charge in [-0.05, 0) is 55.3 Å². The number of esters is 1. The summed E-state index contributed by atoms with van der Waals surface area (Å²) in [6.07, 6.45) is 2.81. The summed E-state index contributed by atoms with van der Waals surface area (Å²) in [6.45, 7) is 3.87. The van der Waals surface area contributed by atoms with Crippen molar-refractivity contribution in [2.75, 3.05) is 25.6 Å². The topological polar surface area (TPSA) is 73.9 Å². The van der Waals surface area contributed by atoms with Gasteiger partial charge in [0.05, 0.1) is 13.7 Å². The SMILES string of the molecule is CCOc1ccc(/C=C/C(=O)OCC(=O)Nc2ccc(C)c(Cl)c2)cc1OC. The molecule has 0 fully saturated rings. The van der Waals surface area contributed by atoms with Gasteiger partial charge >= 0.3 is 5.97 Å². The number of halogens is 1. The maximum absolute atomic E-state index is 11.9. The molecular formula is C21H22ClNO5. The minimum absolute atomic E-state index is 0.402. The highest BCUT2D eigenvalue weighted by Crippen LogP contribution is 2.28. The van der Waals surface area contributed by atoms with E-state index in [0.29, 0.717) is 28.8 Å². The van der Waals surface area contributed by atoms with Gasteiger partial charge in [-0.1, -0.05) is 23.7 Å². The van der Waals surface area contributed by atoms with E-state index in [2.05, 4.69) is 5.32 Å². The number of amides is 1. The molecule has 0 bridgehead atoms. The van der Waals surface area contributed by atoms with E-state index in [-0.39, 0.29) is 0 Å². The Kier molecular flexibility index (Phi) is 7.89. The number of benzene rings is 2. The molecule has 2 aromatic rings. The van der Waals surface area contributed by atoms with Crippen molar-refractivity contribution in [2.45, 2.75) is 13.8 Å². The Morgan fingerprint density at radius 1 is 1.14 bits per heavy atom. The first-order valence-corrected chi connectivity index (χ1v) is 9.02. The molecule has 0 spiro atoms. The molecule has 0 aliphatic carbocycles. The quantitative estimate of drug-likeness (QED) is 0.526. The summed E-state index contributed by atoms with van der Waals surface area (Å²) in [4.78, 5) is 23.7. The summed E-state index contributed by atoms with van der Waals surface area (Å²) in [7, 11) is 1.54. The van der Waals surface area contributed by atoms with E-state index < -0.39 is 18.5 Å². The molecule has 148 valence electrons. The molecule has 0 heterocycles. The molecule has 2 aromatic carbocycles. The van der Waals surface area contributed by atoms with E-state index in [0.717, 1.165) is 11.1 Å². The summed E-state index contributed by atoms with van der Waals surface area (Å²) in [5.74, 6) is 0.0976. The molecule has 7 heteroatoms. The third-order valence-corrected chi connectivity index (χ3v) is 4.11. The van der Waals surface area contributed by atoms with Crippen molar-refractivity contribution < 1.29 is 23.8 Å². The van der Waals surface area contributed by atoms with Gasteiger partial charge in [-0.3, -0.25) is 4.79 Å². The van der Waals surface area contributed by atoms with Gasteiger partial charge in [-0.25, -0.2) is 4.79 Å². The van der Waals surface area contributed by atoms with Gasteiger partial charge in [0.25, 0.3) is 5.91 Å². The highest BCUT2D eigenvalue weighted by Gasteiger charge is 2.08. The minimum atomic E-state index is -0.634. The van der Waals surface area contributed by atoms with Gasteiger partial charge in [0.2, 0.25) is 0 Å². The van der Waals surface area contributed by atoms with E-state index in [1.165, 1.54) is 6.08 Å². The first-order valence-electron chi connectivity index (χ1n) is 8.64. The zero-order valence-corrected chi connectivity index (χ0v) is 16.7. The van der Waals surface area contributed by atoms with Crippen LogP contribution in [0.3, 0.4) is 0 Å². The van der Waals surface area contributed by atoms with Gasteiger partial charge in [0.1, 0.15) is 0 Å². The van der Waals surface area contributed by atoms with E-state index >= 15 is 0 Å². The number of carbonyl (C=O) groups excluding carboxylic acids is 2. The lowest BCUT2D eigenvalue weighted by Crippen LogP contribution is -2.20. The van der Waals surface area contributed by atoms with Crippen LogP contribution in [0.5, 0.6) is 11.5 Å². The van der Waals surface area contributed by atoms with Crippen LogP contribution in [-0.4, -0.2) is 32.2 Å². The van der Waals surface area contributed by atoms with Crippen molar-refractivity contribution >= 4 is 35.2 Å². The van der Waals surface area contributed by atoms with Crippen molar-refractivity contribution in [3.63, 3.8) is 0 Å². The van der Waals surface area contributed by atoms with Gasteiger partial charge in [0, 0.05) is 16.8 Å². The normalized spacial score (nSPS) is 10.6. The van der Waals surface area contributed by atoms with E-state index in [1.807, 2.05) is 13.8 Å². The monoisotopic (exact) mass is 403 g/mol. The number of nitrogens with one attached hydrogen (secondary N) is 1. The van der Waals surface area contributed by atoms with Gasteiger partial charge in [-0.15, -0.1) is 0 Å². The molecule has 0 unspecified atom stereocenters. The molecule has 2 rings (SSSR count). The van der Waals surface area contributed by atoms with Crippen molar-refractivity contribution in [2.24, 2.45) is 0 Å². The minimum Gasteiger partial charge on any atom is -0.493 e. The Balaban J connectivity index is 1.87. The summed E-state index contributed by atoms with van der Waals surface area (Å²) in [5, 5.41) is 3.16. The number of methoxy groups -OCH3 is 1. The summed E-state index contributed by atoms with van der Waals surface area (Å²) in [6, 6.07) is 10.4. The van der Waals surface area contributed by atoms with Crippen molar-refractivity contribution in [3.05, 3.63) is 58.6 Å². The number of anilines is 1. The van der Waals surface area contributed by atoms with Crippen LogP contribution in [0.25, 0.3) is 6.08 Å². The van der Waals surface area contributed by atoms with Crippen LogP contribution in [0.1, 0.15) is 18.1 Å². The fourth-order valence-electron chi connectivity index (χ4n) is 2.28. The Morgan fingerprint density at radius 3 is 2.61 bits per heavy atom. The second-order valence-corrected chi connectivity index (χ2v) is 6.20. The lowest BCUT2D eigenvalue weighted by atomic mass is 10.2. The van der Waals surface area contributed by atoms with E-state index in [9.17, 15) is 9.59 Å². The zero-order chi connectivity index (χ0) is 20.5. The molecule has 0 atom stereocenters. The molecule has 0 saturated carbocycles. The van der Waals surface area contributed by atoms with Crippen LogP contribution in [0.2, 0.25) is 5.02 Å². The smallest absolute Gasteiger partial charge is 0.331 e. The van der Waals surface area contributed by atoms with Crippen molar-refractivity contribution in [1.29, 1.82) is 0 Å². The molecule has 1 amide bonds. The number of carbonyl (C=O) groups is 2. The molecule has 28 heavy (non-hydrogen) atoms. The molecular weight excluding hydrogens is 382 g/mol. The maximum Gasteiger partial charge on any atom is 0.331 e. The number of hydrogen-bond acceptors (Lipinski definition) is 5. The van der Waals surface area contributed by atoms with E-state index in [1.54, 1.807) is 49.6 Å². The zero-order valence-electron chi connectivity index (χ0n) is 16.0. The van der Waals surface area contributed by atoms with Gasteiger partial charge in [0.15, 0.2) is 18.1 Å². The molecule has 0 aromatic heterocycles. The first kappa shape index (κ1) is 21.3. The van der Waals surface area contributed by atoms with Crippen LogP contribution < -0.4 is 14.8 Å². The van der Waals surface area contributed by atoms with Crippen LogP contribution in [-0.2, 0) is 14.3 Å². The molecule has 0 radical (unpaired) electrons. The predicted octanol–water partition coefficient (Wildman–Crippen LogP) is 4.25. The van der Waals surface area contributed by atoms with Crippen LogP contribution in [0, 0.1) is 6.92 Å². The standard InChI is InChI=1S/C21H22ClNO5/c1-4-27-18-9-6-15(11-19(18)26-3)7-10-21(25)28-13-20(24)23-16-8-5-14(2)17(22)12-16/h5-12H,4,13H2,1-3H3,(H,23,24)/b10-7+. The fourth-order valence-corrected chi connectivity index (χ4v) is 2.46. The Hall–Kier alpha value is -2.99.